The highest BCUT2D eigenvalue weighted by molar-refractivity contribution is 7.72. The summed E-state index contributed by atoms with van der Waals surface area (Å²) < 4.78 is 22.8. The highest BCUT2D eigenvalue weighted by Gasteiger charge is 2.58. The van der Waals surface area contributed by atoms with Crippen molar-refractivity contribution in [3.8, 4) is 0 Å². The van der Waals surface area contributed by atoms with E-state index in [1.165, 1.54) is 0 Å². The number of hydrogen-bond acceptors (Lipinski definition) is 8. The number of nitrogens with two attached hydrogens (primary N) is 1. The molecule has 0 bridgehead atoms. The number of halogens is 2. The van der Waals surface area contributed by atoms with E-state index in [1.807, 2.05) is 24.3 Å². The molecular weight excluding hydrogens is 625 g/mol. The molecule has 14 nitrogen and oxygen atoms in total. The quantitative estimate of drug-likeness (QED) is 0.0622. The number of rotatable bonds is 19. The van der Waals surface area contributed by atoms with Crippen molar-refractivity contribution in [2.24, 2.45) is 5.73 Å². The fourth-order valence-electron chi connectivity index (χ4n) is 3.83. The van der Waals surface area contributed by atoms with E-state index in [-0.39, 0.29) is 25.8 Å². The maximum absolute atomic E-state index is 12.7. The van der Waals surface area contributed by atoms with Crippen molar-refractivity contribution in [3.05, 3.63) is 29.8 Å². The van der Waals surface area contributed by atoms with Crippen LogP contribution in [0.25, 0.3) is 0 Å². The van der Waals surface area contributed by atoms with E-state index in [0.717, 1.165) is 16.2 Å². The second kappa shape index (κ2) is 17.5. The predicted molar refractivity (Wildman–Crippen MR) is 155 cm³/mol. The molecule has 41 heavy (non-hydrogen) atoms. The molecule has 0 saturated carbocycles. The van der Waals surface area contributed by atoms with Crippen LogP contribution in [0.4, 0.5) is 5.69 Å². The van der Waals surface area contributed by atoms with Gasteiger partial charge >= 0.3 is 15.2 Å². The average Bonchev–Trinajstić information content (AvgIpc) is 2.90. The average molecular weight is 663 g/mol. The number of benzene rings is 1. The SMILES string of the molecule is NCC(=O)N(CC(=O)NCCCCC(O)(P(=O)(O)O)P(=O)(O)O)C(=O)CCCc1ccc(N(CCCl)CCCl)cc1. The summed E-state index contributed by atoms with van der Waals surface area (Å²) in [6, 6.07) is 7.71. The first-order valence-corrected chi connectivity index (χ1v) is 17.0. The molecule has 234 valence electrons. The first kappa shape index (κ1) is 37.5. The Kier molecular flexibility index (Phi) is 16.0. The van der Waals surface area contributed by atoms with Gasteiger partial charge in [-0.25, -0.2) is 0 Å². The fraction of sp³-hybridized carbons (Fsp3) is 0.609. The summed E-state index contributed by atoms with van der Waals surface area (Å²) in [5.74, 6) is -1.13. The van der Waals surface area contributed by atoms with Crippen LogP contribution in [0.5, 0.6) is 0 Å². The number of imide groups is 1. The molecule has 0 unspecified atom stereocenters. The molecule has 0 spiro atoms. The first-order chi connectivity index (χ1) is 19.1. The number of alkyl halides is 2. The van der Waals surface area contributed by atoms with Crippen LogP contribution in [0.3, 0.4) is 0 Å². The van der Waals surface area contributed by atoms with Crippen molar-refractivity contribution in [3.63, 3.8) is 0 Å². The van der Waals surface area contributed by atoms with Gasteiger partial charge in [0.1, 0.15) is 6.54 Å². The minimum atomic E-state index is -5.56. The van der Waals surface area contributed by atoms with Crippen molar-refractivity contribution in [2.75, 3.05) is 49.4 Å². The van der Waals surface area contributed by atoms with Gasteiger partial charge in [0.15, 0.2) is 0 Å². The second-order valence-electron chi connectivity index (χ2n) is 9.13. The van der Waals surface area contributed by atoms with Crippen LogP contribution in [-0.2, 0) is 29.9 Å². The third-order valence-electron chi connectivity index (χ3n) is 6.14. The summed E-state index contributed by atoms with van der Waals surface area (Å²) in [5, 5.41) is 8.74. The van der Waals surface area contributed by atoms with Gasteiger partial charge in [0.05, 0.1) is 6.54 Å². The Morgan fingerprint density at radius 2 is 1.46 bits per heavy atom. The molecule has 0 fully saturated rings. The lowest BCUT2D eigenvalue weighted by molar-refractivity contribution is -0.147. The first-order valence-electron chi connectivity index (χ1n) is 12.7. The Morgan fingerprint density at radius 1 is 0.902 bits per heavy atom. The van der Waals surface area contributed by atoms with Crippen LogP contribution in [-0.4, -0.2) is 96.9 Å². The Balaban J connectivity index is 2.59. The zero-order valence-electron chi connectivity index (χ0n) is 22.4. The minimum Gasteiger partial charge on any atom is -0.369 e. The highest BCUT2D eigenvalue weighted by atomic mass is 35.5. The van der Waals surface area contributed by atoms with E-state index in [0.29, 0.717) is 37.7 Å². The zero-order chi connectivity index (χ0) is 31.3. The maximum Gasteiger partial charge on any atom is 0.369 e. The van der Waals surface area contributed by atoms with E-state index >= 15 is 0 Å². The minimum absolute atomic E-state index is 0.0128. The zero-order valence-corrected chi connectivity index (χ0v) is 25.7. The van der Waals surface area contributed by atoms with Gasteiger partial charge in [-0.05, 0) is 49.8 Å². The monoisotopic (exact) mass is 662 g/mol. The molecule has 0 aliphatic heterocycles. The lowest BCUT2D eigenvalue weighted by Crippen LogP contribution is -2.46. The van der Waals surface area contributed by atoms with Gasteiger partial charge in [-0.2, -0.15) is 0 Å². The summed E-state index contributed by atoms with van der Waals surface area (Å²) in [6.45, 7) is 0.0915. The Labute approximate surface area is 248 Å². The molecule has 1 rings (SSSR count). The standard InChI is InChI=1S/C23H38Cl2N4O10P2/c24-11-14-28(15-12-25)19-8-6-18(7-9-19)4-3-5-21(31)29(22(32)16-26)17-20(30)27-13-2-1-10-23(33,40(34,35)36)41(37,38)39/h6-9,33H,1-5,10-17,26H2,(H,27,30)(H2,34,35,36)(H2,37,38,39). The second-order valence-corrected chi connectivity index (χ2v) is 13.9. The molecule has 0 aliphatic carbocycles. The topological polar surface area (TPSA) is 231 Å². The van der Waals surface area contributed by atoms with Crippen molar-refractivity contribution in [1.29, 1.82) is 0 Å². The summed E-state index contributed by atoms with van der Waals surface area (Å²) in [5.41, 5.74) is 7.33. The van der Waals surface area contributed by atoms with Crippen molar-refractivity contribution >= 4 is 61.8 Å². The number of nitrogens with one attached hydrogen (secondary N) is 1. The third kappa shape index (κ3) is 11.9. The predicted octanol–water partition coefficient (Wildman–Crippen LogP) is 0.895. The van der Waals surface area contributed by atoms with E-state index in [2.05, 4.69) is 10.2 Å². The molecule has 18 heteroatoms. The molecule has 0 heterocycles. The molecule has 8 N–H and O–H groups in total. The molecular formula is C23H38Cl2N4O10P2. The van der Waals surface area contributed by atoms with E-state index in [9.17, 15) is 28.6 Å². The van der Waals surface area contributed by atoms with Gasteiger partial charge in [-0.3, -0.25) is 28.4 Å². The highest BCUT2D eigenvalue weighted by Crippen LogP contribution is 2.69. The molecule has 0 aliphatic rings. The van der Waals surface area contributed by atoms with Gasteiger partial charge in [0, 0.05) is 43.5 Å². The Morgan fingerprint density at radius 3 is 1.95 bits per heavy atom. The van der Waals surface area contributed by atoms with Gasteiger partial charge in [-0.15, -0.1) is 23.2 Å². The number of nitrogens with zero attached hydrogens (tertiary/aromatic N) is 2. The van der Waals surface area contributed by atoms with E-state index < -0.39 is 57.5 Å². The number of amides is 3. The molecule has 3 amide bonds. The molecule has 0 atom stereocenters. The molecule has 0 radical (unpaired) electrons. The summed E-state index contributed by atoms with van der Waals surface area (Å²) in [7, 11) is -11.1. The number of aliphatic hydroxyl groups is 1. The largest absolute Gasteiger partial charge is 0.369 e. The van der Waals surface area contributed by atoms with E-state index in [1.54, 1.807) is 0 Å². The van der Waals surface area contributed by atoms with Crippen LogP contribution in [0, 0.1) is 0 Å². The normalized spacial score (nSPS) is 12.2. The molecule has 0 saturated heterocycles. The van der Waals surface area contributed by atoms with Gasteiger partial charge < -0.3 is 40.6 Å². The third-order valence-corrected chi connectivity index (χ3v) is 10.4. The van der Waals surface area contributed by atoms with Crippen molar-refractivity contribution < 1.29 is 48.2 Å². The summed E-state index contributed by atoms with van der Waals surface area (Å²) in [6.07, 6.45) is -0.256. The number of anilines is 1. The molecule has 0 aromatic heterocycles. The smallest absolute Gasteiger partial charge is 0.369 e. The van der Waals surface area contributed by atoms with Crippen LogP contribution in [0.1, 0.15) is 37.7 Å². The van der Waals surface area contributed by atoms with Gasteiger partial charge in [0.2, 0.25) is 17.7 Å². The number of unbranched alkanes of at least 4 members (excludes halogenated alkanes) is 1. The summed E-state index contributed by atoms with van der Waals surface area (Å²) >= 11 is 11.7. The Hall–Kier alpha value is -1.57. The number of hydrogen-bond donors (Lipinski definition) is 7. The lowest BCUT2D eigenvalue weighted by Gasteiger charge is -2.29. The van der Waals surface area contributed by atoms with Crippen LogP contribution < -0.4 is 16.0 Å². The molecule has 1 aromatic rings. The maximum atomic E-state index is 12.7. The lowest BCUT2D eigenvalue weighted by atomic mass is 10.1. The number of carbonyl (C=O) groups is 3. The number of carbonyl (C=O) groups excluding carboxylic acids is 3. The van der Waals surface area contributed by atoms with Crippen LogP contribution in [0.2, 0.25) is 0 Å². The summed E-state index contributed by atoms with van der Waals surface area (Å²) in [4.78, 5) is 76.6. The number of aryl methyl sites for hydroxylation is 1. The van der Waals surface area contributed by atoms with Crippen molar-refractivity contribution in [2.45, 2.75) is 43.6 Å². The van der Waals surface area contributed by atoms with E-state index in [4.69, 9.17) is 48.5 Å². The fourth-order valence-corrected chi connectivity index (χ4v) is 6.49. The van der Waals surface area contributed by atoms with Gasteiger partial charge in [-0.1, -0.05) is 12.1 Å². The van der Waals surface area contributed by atoms with Crippen LogP contribution in [0.15, 0.2) is 24.3 Å². The van der Waals surface area contributed by atoms with Crippen LogP contribution >= 0.6 is 38.4 Å². The van der Waals surface area contributed by atoms with Gasteiger partial charge in [0.25, 0.3) is 5.08 Å². The molecule has 1 aromatic carbocycles. The van der Waals surface area contributed by atoms with Crippen molar-refractivity contribution in [1.82, 2.24) is 10.2 Å². The Bertz CT molecular complexity index is 1070.